The number of amides is 2. The quantitative estimate of drug-likeness (QED) is 0.194. The third-order valence-electron chi connectivity index (χ3n) is 6.69. The average molecular weight is 597 g/mol. The molecule has 6 aromatic rings. The molecule has 43 heavy (non-hydrogen) atoms. The summed E-state index contributed by atoms with van der Waals surface area (Å²) in [6.45, 7) is 0. The molecule has 0 fully saturated rings. The van der Waals surface area contributed by atoms with E-state index in [2.05, 4.69) is 30.6 Å². The SMILES string of the molecule is COc1ccccc1C(=O)Nc1nc2ccc(S(=O)(=O)c3ccc4nc(NC(=O)c5ccccc5OC)[nH]c4c3)cc2[nH]1. The van der Waals surface area contributed by atoms with Crippen molar-refractivity contribution in [2.24, 2.45) is 0 Å². The summed E-state index contributed by atoms with van der Waals surface area (Å²) in [5, 5.41) is 5.36. The lowest BCUT2D eigenvalue weighted by molar-refractivity contribution is 0.101. The first-order valence-corrected chi connectivity index (χ1v) is 14.4. The Kier molecular flexibility index (Phi) is 7.00. The van der Waals surface area contributed by atoms with Crippen LogP contribution in [-0.2, 0) is 9.84 Å². The van der Waals surface area contributed by atoms with Gasteiger partial charge in [0.1, 0.15) is 11.5 Å². The highest BCUT2D eigenvalue weighted by molar-refractivity contribution is 7.91. The minimum Gasteiger partial charge on any atom is -0.496 e. The predicted octanol–water partition coefficient (Wildman–Crippen LogP) is 4.79. The van der Waals surface area contributed by atoms with Gasteiger partial charge in [-0.15, -0.1) is 0 Å². The number of carbonyl (C=O) groups is 2. The number of nitrogens with one attached hydrogen (secondary N) is 4. The van der Waals surface area contributed by atoms with Gasteiger partial charge < -0.3 is 19.4 Å². The summed E-state index contributed by atoms with van der Waals surface area (Å²) in [7, 11) is -1.01. The van der Waals surface area contributed by atoms with Gasteiger partial charge in [-0.2, -0.15) is 0 Å². The Labute approximate surface area is 245 Å². The first-order chi connectivity index (χ1) is 20.8. The molecule has 216 valence electrons. The van der Waals surface area contributed by atoms with Gasteiger partial charge in [-0.25, -0.2) is 18.4 Å². The van der Waals surface area contributed by atoms with Gasteiger partial charge in [0.05, 0.1) is 57.2 Å². The van der Waals surface area contributed by atoms with Gasteiger partial charge in [0.25, 0.3) is 11.8 Å². The van der Waals surface area contributed by atoms with Crippen LogP contribution in [0.5, 0.6) is 11.5 Å². The zero-order valence-electron chi connectivity index (χ0n) is 22.8. The summed E-state index contributed by atoms with van der Waals surface area (Å²) in [4.78, 5) is 40.2. The molecular formula is C30H24N6O6S. The molecule has 4 aromatic carbocycles. The van der Waals surface area contributed by atoms with Gasteiger partial charge in [-0.3, -0.25) is 20.2 Å². The number of aromatic amines is 2. The molecule has 0 atom stereocenters. The van der Waals surface area contributed by atoms with Crippen LogP contribution >= 0.6 is 0 Å². The minimum atomic E-state index is -3.96. The lowest BCUT2D eigenvalue weighted by atomic mass is 10.2. The van der Waals surface area contributed by atoms with Crippen molar-refractivity contribution in [1.82, 2.24) is 19.9 Å². The van der Waals surface area contributed by atoms with E-state index in [0.717, 1.165) is 0 Å². The second-order valence-corrected chi connectivity index (χ2v) is 11.3. The highest BCUT2D eigenvalue weighted by atomic mass is 32.2. The van der Waals surface area contributed by atoms with Crippen LogP contribution in [0, 0.1) is 0 Å². The third kappa shape index (κ3) is 5.24. The van der Waals surface area contributed by atoms with Crippen LogP contribution in [0.1, 0.15) is 20.7 Å². The number of sulfone groups is 1. The molecule has 0 aliphatic carbocycles. The number of H-pyrrole nitrogens is 2. The maximum Gasteiger partial charge on any atom is 0.261 e. The van der Waals surface area contributed by atoms with Crippen molar-refractivity contribution < 1.29 is 27.5 Å². The van der Waals surface area contributed by atoms with Gasteiger partial charge >= 0.3 is 0 Å². The van der Waals surface area contributed by atoms with E-state index in [4.69, 9.17) is 9.47 Å². The van der Waals surface area contributed by atoms with Crippen LogP contribution in [0.25, 0.3) is 22.1 Å². The van der Waals surface area contributed by atoms with Crippen molar-refractivity contribution in [2.75, 3.05) is 24.9 Å². The zero-order chi connectivity index (χ0) is 30.1. The Balaban J connectivity index is 1.24. The number of benzene rings is 4. The molecule has 2 aromatic heterocycles. The number of anilines is 2. The summed E-state index contributed by atoms with van der Waals surface area (Å²) < 4.78 is 37.6. The fourth-order valence-corrected chi connectivity index (χ4v) is 5.89. The number of aromatic nitrogens is 4. The van der Waals surface area contributed by atoms with Gasteiger partial charge in [-0.05, 0) is 60.7 Å². The molecule has 2 amide bonds. The molecule has 0 aliphatic rings. The normalized spacial score (nSPS) is 11.4. The fraction of sp³-hybridized carbons (Fsp3) is 0.0667. The van der Waals surface area contributed by atoms with E-state index in [9.17, 15) is 18.0 Å². The number of carbonyl (C=O) groups excluding carboxylic acids is 2. The number of hydrogen-bond acceptors (Lipinski definition) is 8. The molecule has 0 bridgehead atoms. The Hall–Kier alpha value is -5.69. The molecule has 0 radical (unpaired) electrons. The van der Waals surface area contributed by atoms with Gasteiger partial charge in [0.15, 0.2) is 0 Å². The zero-order valence-corrected chi connectivity index (χ0v) is 23.7. The first-order valence-electron chi connectivity index (χ1n) is 12.9. The maximum absolute atomic E-state index is 13.6. The van der Waals surface area contributed by atoms with Gasteiger partial charge in [-0.1, -0.05) is 24.3 Å². The minimum absolute atomic E-state index is 0.0230. The van der Waals surface area contributed by atoms with E-state index in [-0.39, 0.29) is 21.7 Å². The highest BCUT2D eigenvalue weighted by Crippen LogP contribution is 2.28. The number of nitrogens with zero attached hydrogens (tertiary/aromatic N) is 2. The first kappa shape index (κ1) is 27.5. The molecule has 2 heterocycles. The summed E-state index contributed by atoms with van der Waals surface area (Å²) in [6.07, 6.45) is 0. The third-order valence-corrected chi connectivity index (χ3v) is 8.44. The van der Waals surface area contributed by atoms with E-state index in [0.29, 0.717) is 44.7 Å². The van der Waals surface area contributed by atoms with Crippen LogP contribution in [0.3, 0.4) is 0 Å². The lowest BCUT2D eigenvalue weighted by Gasteiger charge is -2.07. The van der Waals surface area contributed by atoms with E-state index in [1.54, 1.807) is 60.7 Å². The molecule has 6 rings (SSSR count). The van der Waals surface area contributed by atoms with E-state index in [1.165, 1.54) is 38.5 Å². The van der Waals surface area contributed by atoms with Crippen molar-refractivity contribution in [2.45, 2.75) is 9.79 Å². The van der Waals surface area contributed by atoms with Gasteiger partial charge in [0, 0.05) is 0 Å². The van der Waals surface area contributed by atoms with E-state index < -0.39 is 21.7 Å². The summed E-state index contributed by atoms with van der Waals surface area (Å²) in [5.41, 5.74) is 2.42. The number of rotatable bonds is 8. The largest absolute Gasteiger partial charge is 0.496 e. The van der Waals surface area contributed by atoms with Crippen LogP contribution in [0.4, 0.5) is 11.9 Å². The number of hydrogen-bond donors (Lipinski definition) is 4. The van der Waals surface area contributed by atoms with E-state index >= 15 is 0 Å². The number of methoxy groups -OCH3 is 2. The molecule has 0 saturated heterocycles. The second kappa shape index (κ2) is 10.9. The summed E-state index contributed by atoms with van der Waals surface area (Å²) in [6, 6.07) is 22.4. The van der Waals surface area contributed by atoms with E-state index in [1.807, 2.05) is 0 Å². The fourth-order valence-electron chi connectivity index (χ4n) is 4.58. The van der Waals surface area contributed by atoms with Crippen LogP contribution in [-0.4, -0.2) is 54.4 Å². The molecule has 0 spiro atoms. The van der Waals surface area contributed by atoms with Crippen LogP contribution in [0.15, 0.2) is 94.7 Å². The Morgan fingerprint density at radius 1 is 0.651 bits per heavy atom. The molecule has 13 heteroatoms. The number of fused-ring (bicyclic) bond motifs is 2. The van der Waals surface area contributed by atoms with Crippen LogP contribution in [0.2, 0.25) is 0 Å². The smallest absolute Gasteiger partial charge is 0.261 e. The highest BCUT2D eigenvalue weighted by Gasteiger charge is 2.21. The predicted molar refractivity (Wildman–Crippen MR) is 160 cm³/mol. The lowest BCUT2D eigenvalue weighted by Crippen LogP contribution is -2.14. The number of ether oxygens (including phenoxy) is 2. The maximum atomic E-state index is 13.6. The van der Waals surface area contributed by atoms with Crippen molar-refractivity contribution in [3.05, 3.63) is 96.1 Å². The average Bonchev–Trinajstić information content (AvgIpc) is 3.62. The van der Waals surface area contributed by atoms with Gasteiger partial charge in [0.2, 0.25) is 21.7 Å². The van der Waals surface area contributed by atoms with Crippen molar-refractivity contribution in [3.63, 3.8) is 0 Å². The van der Waals surface area contributed by atoms with Crippen molar-refractivity contribution in [3.8, 4) is 11.5 Å². The number of para-hydroxylation sites is 2. The summed E-state index contributed by atoms with van der Waals surface area (Å²) >= 11 is 0. The standard InChI is InChI=1S/C30H24N6O6S/c1-41-25-9-5-3-7-19(25)27(37)35-29-31-21-13-11-17(15-23(21)33-29)43(39,40)18-12-14-22-24(16-18)34-30(32-22)36-28(38)20-8-4-6-10-26(20)42-2/h3-16H,1-2H3,(H2,31,33,35,37)(H2,32,34,36,38). The monoisotopic (exact) mass is 596 g/mol. The van der Waals surface area contributed by atoms with Crippen LogP contribution < -0.4 is 20.1 Å². The Morgan fingerprint density at radius 3 is 1.49 bits per heavy atom. The molecule has 0 aliphatic heterocycles. The van der Waals surface area contributed by atoms with Crippen molar-refractivity contribution >= 4 is 55.6 Å². The topological polar surface area (TPSA) is 168 Å². The Morgan fingerprint density at radius 2 is 1.07 bits per heavy atom. The molecule has 12 nitrogen and oxygen atoms in total. The molecular weight excluding hydrogens is 572 g/mol. The molecule has 4 N–H and O–H groups in total. The number of imidazole rings is 2. The molecule has 0 unspecified atom stereocenters. The second-order valence-electron chi connectivity index (χ2n) is 9.34. The van der Waals surface area contributed by atoms with Crippen molar-refractivity contribution in [1.29, 1.82) is 0 Å². The molecule has 0 saturated carbocycles. The Bertz CT molecular complexity index is 1990. The summed E-state index contributed by atoms with van der Waals surface area (Å²) in [5.74, 6) is 0.254.